The highest BCUT2D eigenvalue weighted by Gasteiger charge is 2.48. The van der Waals surface area contributed by atoms with E-state index in [0.717, 1.165) is 0 Å². The molecule has 2 aromatic carbocycles. The largest absolute Gasteiger partial charge is 0.504 e. The van der Waals surface area contributed by atoms with Gasteiger partial charge < -0.3 is 48.9 Å². The van der Waals surface area contributed by atoms with Crippen LogP contribution in [0, 0.1) is 0 Å². The van der Waals surface area contributed by atoms with E-state index in [9.17, 15) is 35.1 Å². The minimum absolute atomic E-state index is 0.110. The number of hydrogen-bond donors (Lipinski definition) is 5. The Hall–Kier alpha value is -3.84. The standard InChI is InChI=1S/C23H22O12/c1-31-10-5-3-9(4-6-10)11-8-33-12-7-13(20(32-2)16(25)14(12)15(11)24)34-23-19(28)17(26)18(27)21(35-23)22(29)30/h3-8,17-19,21,23,25-28H,1-2H3,(H,29,30). The fourth-order valence-corrected chi connectivity index (χ4v) is 3.76. The molecule has 0 radical (unpaired) electrons. The second-order valence-electron chi connectivity index (χ2n) is 7.69. The molecule has 0 spiro atoms. The normalized spacial score (nSPS) is 24.2. The summed E-state index contributed by atoms with van der Waals surface area (Å²) in [5, 5.41) is 49.9. The zero-order valence-corrected chi connectivity index (χ0v) is 18.4. The van der Waals surface area contributed by atoms with Crippen molar-refractivity contribution in [3.63, 3.8) is 0 Å². The number of benzene rings is 2. The summed E-state index contributed by atoms with van der Waals surface area (Å²) in [6, 6.07) is 7.77. The number of aliphatic hydroxyl groups excluding tert-OH is 3. The Labute approximate surface area is 197 Å². The van der Waals surface area contributed by atoms with Gasteiger partial charge >= 0.3 is 5.97 Å². The van der Waals surface area contributed by atoms with Gasteiger partial charge in [-0.3, -0.25) is 4.79 Å². The van der Waals surface area contributed by atoms with Gasteiger partial charge in [0.1, 0.15) is 41.3 Å². The zero-order valence-electron chi connectivity index (χ0n) is 18.4. The summed E-state index contributed by atoms with van der Waals surface area (Å²) < 4.78 is 26.4. The Morgan fingerprint density at radius 3 is 2.29 bits per heavy atom. The number of phenols is 1. The molecule has 0 saturated carbocycles. The lowest BCUT2D eigenvalue weighted by Crippen LogP contribution is -2.61. The number of rotatable bonds is 6. The molecule has 1 aromatic heterocycles. The van der Waals surface area contributed by atoms with Crippen molar-refractivity contribution in [3.8, 4) is 34.1 Å². The Balaban J connectivity index is 1.76. The van der Waals surface area contributed by atoms with Crippen LogP contribution in [0.15, 0.2) is 45.8 Å². The Bertz CT molecular complexity index is 1300. The quantitative estimate of drug-likeness (QED) is 0.322. The number of carboxylic acids is 1. The van der Waals surface area contributed by atoms with Crippen LogP contribution in [-0.2, 0) is 9.53 Å². The number of methoxy groups -OCH3 is 2. The number of phenolic OH excluding ortho intramolecular Hbond substituents is 1. The number of hydrogen-bond acceptors (Lipinski definition) is 11. The molecule has 0 bridgehead atoms. The number of aromatic hydroxyl groups is 1. The van der Waals surface area contributed by atoms with Crippen molar-refractivity contribution < 1.29 is 53.7 Å². The summed E-state index contributed by atoms with van der Waals surface area (Å²) in [7, 11) is 2.69. The molecule has 1 aliphatic rings. The lowest BCUT2D eigenvalue weighted by Gasteiger charge is -2.38. The summed E-state index contributed by atoms with van der Waals surface area (Å²) in [6.45, 7) is 0. The maximum absolute atomic E-state index is 13.2. The van der Waals surface area contributed by atoms with E-state index in [1.165, 1.54) is 26.5 Å². The molecule has 186 valence electrons. The number of ether oxygens (including phenoxy) is 4. The van der Waals surface area contributed by atoms with Crippen LogP contribution in [0.1, 0.15) is 0 Å². The van der Waals surface area contributed by atoms with Gasteiger partial charge in [-0.1, -0.05) is 12.1 Å². The fraction of sp³-hybridized carbons (Fsp3) is 0.304. The highest BCUT2D eigenvalue weighted by molar-refractivity contribution is 5.91. The third kappa shape index (κ3) is 4.23. The minimum Gasteiger partial charge on any atom is -0.504 e. The first-order chi connectivity index (χ1) is 16.7. The summed E-state index contributed by atoms with van der Waals surface area (Å²) in [5.74, 6) is -2.26. The first kappa shape index (κ1) is 24.3. The zero-order chi connectivity index (χ0) is 25.4. The average Bonchev–Trinajstić information content (AvgIpc) is 2.84. The molecule has 5 atom stereocenters. The average molecular weight is 490 g/mol. The SMILES string of the molecule is COc1ccc(-c2coc3cc(OC4OC(C(=O)O)C(O)C(O)C4O)c(OC)c(O)c3c2=O)cc1. The van der Waals surface area contributed by atoms with Crippen LogP contribution in [0.25, 0.3) is 22.1 Å². The number of aliphatic hydroxyl groups is 3. The molecule has 2 heterocycles. The topological polar surface area (TPSA) is 185 Å². The molecule has 5 unspecified atom stereocenters. The van der Waals surface area contributed by atoms with Crippen molar-refractivity contribution in [2.24, 2.45) is 0 Å². The summed E-state index contributed by atoms with van der Waals surface area (Å²) in [5.41, 5.74) is -0.0248. The predicted octanol–water partition coefficient (Wildman–Crippen LogP) is 0.454. The summed E-state index contributed by atoms with van der Waals surface area (Å²) >= 11 is 0. The van der Waals surface area contributed by atoms with E-state index >= 15 is 0 Å². The monoisotopic (exact) mass is 490 g/mol. The predicted molar refractivity (Wildman–Crippen MR) is 118 cm³/mol. The lowest BCUT2D eigenvalue weighted by molar-refractivity contribution is -0.271. The van der Waals surface area contributed by atoms with Crippen LogP contribution in [0.4, 0.5) is 0 Å². The van der Waals surface area contributed by atoms with Crippen LogP contribution in [0.3, 0.4) is 0 Å². The van der Waals surface area contributed by atoms with Crippen molar-refractivity contribution >= 4 is 16.9 Å². The lowest BCUT2D eigenvalue weighted by atomic mass is 9.99. The molecule has 1 aliphatic heterocycles. The van der Waals surface area contributed by atoms with Gasteiger partial charge in [-0.05, 0) is 17.7 Å². The molecular weight excluding hydrogens is 468 g/mol. The first-order valence-electron chi connectivity index (χ1n) is 10.3. The van der Waals surface area contributed by atoms with E-state index in [2.05, 4.69) is 0 Å². The molecule has 12 heteroatoms. The fourth-order valence-electron chi connectivity index (χ4n) is 3.76. The molecule has 0 aliphatic carbocycles. The first-order valence-corrected chi connectivity index (χ1v) is 10.3. The highest BCUT2D eigenvalue weighted by Crippen LogP contribution is 2.43. The van der Waals surface area contributed by atoms with Crippen molar-refractivity contribution in [2.45, 2.75) is 30.7 Å². The van der Waals surface area contributed by atoms with Crippen LogP contribution >= 0.6 is 0 Å². The second kappa shape index (κ2) is 9.43. The maximum Gasteiger partial charge on any atom is 0.335 e. The van der Waals surface area contributed by atoms with Crippen LogP contribution in [-0.4, -0.2) is 76.4 Å². The van der Waals surface area contributed by atoms with Gasteiger partial charge in [0, 0.05) is 6.07 Å². The molecule has 3 aromatic rings. The Kier molecular flexibility index (Phi) is 6.54. The van der Waals surface area contributed by atoms with Crippen molar-refractivity contribution in [2.75, 3.05) is 14.2 Å². The molecule has 12 nitrogen and oxygen atoms in total. The van der Waals surface area contributed by atoms with Gasteiger partial charge in [0.25, 0.3) is 0 Å². The second-order valence-corrected chi connectivity index (χ2v) is 7.69. The number of carbonyl (C=O) groups is 1. The number of fused-ring (bicyclic) bond motifs is 1. The minimum atomic E-state index is -1.91. The van der Waals surface area contributed by atoms with Gasteiger partial charge in [0.2, 0.25) is 17.5 Å². The van der Waals surface area contributed by atoms with E-state index in [-0.39, 0.29) is 28.0 Å². The summed E-state index contributed by atoms with van der Waals surface area (Å²) in [6.07, 6.45) is -8.15. The third-order valence-corrected chi connectivity index (χ3v) is 5.62. The van der Waals surface area contributed by atoms with Crippen LogP contribution < -0.4 is 19.6 Å². The van der Waals surface area contributed by atoms with Gasteiger partial charge in [-0.2, -0.15) is 0 Å². The molecule has 5 N–H and O–H groups in total. The van der Waals surface area contributed by atoms with Gasteiger partial charge in [0.15, 0.2) is 17.6 Å². The molecule has 0 amide bonds. The van der Waals surface area contributed by atoms with Crippen molar-refractivity contribution in [1.82, 2.24) is 0 Å². The molecule has 35 heavy (non-hydrogen) atoms. The molecular formula is C23H22O12. The maximum atomic E-state index is 13.2. The molecule has 1 saturated heterocycles. The van der Waals surface area contributed by atoms with E-state index in [1.54, 1.807) is 24.3 Å². The molecule has 4 rings (SSSR count). The van der Waals surface area contributed by atoms with Crippen molar-refractivity contribution in [3.05, 3.63) is 46.8 Å². The summed E-state index contributed by atoms with van der Waals surface area (Å²) in [4.78, 5) is 24.5. The molecule has 1 fully saturated rings. The van der Waals surface area contributed by atoms with Crippen LogP contribution in [0.2, 0.25) is 0 Å². The Morgan fingerprint density at radius 1 is 1.00 bits per heavy atom. The Morgan fingerprint density at radius 2 is 1.69 bits per heavy atom. The van der Waals surface area contributed by atoms with Gasteiger partial charge in [0.05, 0.1) is 19.8 Å². The van der Waals surface area contributed by atoms with E-state index in [4.69, 9.17) is 23.4 Å². The van der Waals surface area contributed by atoms with Crippen molar-refractivity contribution in [1.29, 1.82) is 0 Å². The van der Waals surface area contributed by atoms with E-state index in [1.807, 2.05) is 0 Å². The van der Waals surface area contributed by atoms with E-state index < -0.39 is 47.9 Å². The smallest absolute Gasteiger partial charge is 0.335 e. The van der Waals surface area contributed by atoms with Gasteiger partial charge in [-0.25, -0.2) is 4.79 Å². The number of aliphatic carboxylic acids is 1. The third-order valence-electron chi connectivity index (χ3n) is 5.62. The number of carboxylic acid groups (broad SMARTS) is 1. The van der Waals surface area contributed by atoms with Gasteiger partial charge in [-0.15, -0.1) is 0 Å². The van der Waals surface area contributed by atoms with E-state index in [0.29, 0.717) is 11.3 Å². The highest BCUT2D eigenvalue weighted by atomic mass is 16.7. The van der Waals surface area contributed by atoms with Crippen LogP contribution in [0.5, 0.6) is 23.0 Å².